The molecule has 0 heterocycles. The standard InChI is InChI=1S/C13H6N2O5/c16-13-8-5-4-7(14(17)18)6-10(8)12-9(13)2-1-3-11(12)15(19)20/h1-6H. The molecule has 0 atom stereocenters. The van der Waals surface area contributed by atoms with Crippen LogP contribution in [0, 0.1) is 20.2 Å². The van der Waals surface area contributed by atoms with Gasteiger partial charge in [-0.1, -0.05) is 6.07 Å². The monoisotopic (exact) mass is 270 g/mol. The molecule has 0 radical (unpaired) electrons. The lowest BCUT2D eigenvalue weighted by molar-refractivity contribution is -0.385. The van der Waals surface area contributed by atoms with E-state index in [1.807, 2.05) is 0 Å². The maximum absolute atomic E-state index is 12.2. The van der Waals surface area contributed by atoms with Crippen LogP contribution in [-0.2, 0) is 0 Å². The molecule has 7 heteroatoms. The van der Waals surface area contributed by atoms with Crippen molar-refractivity contribution in [3.05, 3.63) is 67.8 Å². The number of nitrogens with zero attached hydrogens (tertiary/aromatic N) is 2. The van der Waals surface area contributed by atoms with Gasteiger partial charge in [-0.2, -0.15) is 0 Å². The third kappa shape index (κ3) is 1.50. The predicted octanol–water partition coefficient (Wildman–Crippen LogP) is 2.71. The first-order valence-electron chi connectivity index (χ1n) is 5.61. The number of nitro groups is 2. The lowest BCUT2D eigenvalue weighted by Crippen LogP contribution is -1.96. The van der Waals surface area contributed by atoms with Gasteiger partial charge < -0.3 is 0 Å². The molecule has 0 aliphatic heterocycles. The summed E-state index contributed by atoms with van der Waals surface area (Å²) in [6, 6.07) is 7.94. The van der Waals surface area contributed by atoms with E-state index in [0.29, 0.717) is 0 Å². The van der Waals surface area contributed by atoms with Gasteiger partial charge in [-0.15, -0.1) is 0 Å². The lowest BCUT2D eigenvalue weighted by Gasteiger charge is -2.01. The van der Waals surface area contributed by atoms with Crippen molar-refractivity contribution < 1.29 is 14.6 Å². The van der Waals surface area contributed by atoms with Crippen LogP contribution in [0.1, 0.15) is 15.9 Å². The van der Waals surface area contributed by atoms with Crippen molar-refractivity contribution in [2.24, 2.45) is 0 Å². The summed E-state index contributed by atoms with van der Waals surface area (Å²) in [5.74, 6) is -0.353. The number of ketones is 1. The fraction of sp³-hybridized carbons (Fsp3) is 0. The SMILES string of the molecule is O=C1c2ccc([N+](=O)[O-])cc2-c2c1cccc2[N+](=O)[O-]. The molecule has 3 rings (SSSR count). The maximum Gasteiger partial charge on any atom is 0.277 e. The molecule has 0 saturated heterocycles. The van der Waals surface area contributed by atoms with Crippen molar-refractivity contribution in [2.75, 3.05) is 0 Å². The minimum absolute atomic E-state index is 0.154. The third-order valence-corrected chi connectivity index (χ3v) is 3.21. The second kappa shape index (κ2) is 3.95. The summed E-state index contributed by atoms with van der Waals surface area (Å²) in [4.78, 5) is 32.8. The predicted molar refractivity (Wildman–Crippen MR) is 68.6 cm³/mol. The topological polar surface area (TPSA) is 103 Å². The van der Waals surface area contributed by atoms with Crippen molar-refractivity contribution in [3.8, 4) is 11.1 Å². The van der Waals surface area contributed by atoms with Gasteiger partial charge in [-0.3, -0.25) is 25.0 Å². The van der Waals surface area contributed by atoms with Crippen LogP contribution in [0.25, 0.3) is 11.1 Å². The van der Waals surface area contributed by atoms with Crippen LogP contribution in [0.4, 0.5) is 11.4 Å². The fourth-order valence-corrected chi connectivity index (χ4v) is 2.36. The van der Waals surface area contributed by atoms with Crippen LogP contribution in [0.5, 0.6) is 0 Å². The molecule has 0 aromatic heterocycles. The zero-order valence-electron chi connectivity index (χ0n) is 9.90. The molecule has 0 amide bonds. The largest absolute Gasteiger partial charge is 0.289 e. The average molecular weight is 270 g/mol. The number of carbonyl (C=O) groups excluding carboxylic acids is 1. The number of nitro benzene ring substituents is 2. The summed E-state index contributed by atoms with van der Waals surface area (Å²) in [5, 5.41) is 21.9. The minimum Gasteiger partial charge on any atom is -0.289 e. The van der Waals surface area contributed by atoms with Crippen LogP contribution in [0.15, 0.2) is 36.4 Å². The van der Waals surface area contributed by atoms with Crippen LogP contribution in [-0.4, -0.2) is 15.6 Å². The van der Waals surface area contributed by atoms with E-state index in [1.165, 1.54) is 36.4 Å². The molecule has 0 bridgehead atoms. The molecule has 20 heavy (non-hydrogen) atoms. The zero-order chi connectivity index (χ0) is 14.4. The number of non-ortho nitro benzene ring substituents is 1. The normalized spacial score (nSPS) is 11.9. The van der Waals surface area contributed by atoms with E-state index in [1.54, 1.807) is 0 Å². The molecule has 0 unspecified atom stereocenters. The molecule has 2 aromatic rings. The summed E-state index contributed by atoms with van der Waals surface area (Å²) >= 11 is 0. The molecule has 2 aromatic carbocycles. The molecule has 0 fully saturated rings. The Morgan fingerprint density at radius 1 is 0.850 bits per heavy atom. The number of benzene rings is 2. The Morgan fingerprint density at radius 3 is 2.25 bits per heavy atom. The van der Waals surface area contributed by atoms with Gasteiger partial charge in [0.15, 0.2) is 5.78 Å². The molecule has 0 saturated carbocycles. The van der Waals surface area contributed by atoms with E-state index < -0.39 is 9.85 Å². The van der Waals surface area contributed by atoms with Gasteiger partial charge >= 0.3 is 0 Å². The van der Waals surface area contributed by atoms with Crippen LogP contribution >= 0.6 is 0 Å². The number of carbonyl (C=O) groups is 1. The van der Waals surface area contributed by atoms with E-state index >= 15 is 0 Å². The summed E-state index contributed by atoms with van der Waals surface area (Å²) in [5.41, 5.74) is 0.417. The first-order valence-corrected chi connectivity index (χ1v) is 5.61. The summed E-state index contributed by atoms with van der Waals surface area (Å²) in [6.07, 6.45) is 0. The Kier molecular flexibility index (Phi) is 2.37. The van der Waals surface area contributed by atoms with Crippen molar-refractivity contribution in [2.45, 2.75) is 0 Å². The van der Waals surface area contributed by atoms with E-state index in [9.17, 15) is 25.0 Å². The summed E-state index contributed by atoms with van der Waals surface area (Å²) < 4.78 is 0. The highest BCUT2D eigenvalue weighted by atomic mass is 16.6. The van der Waals surface area contributed by atoms with E-state index in [4.69, 9.17) is 0 Å². The van der Waals surface area contributed by atoms with E-state index in [0.717, 1.165) is 0 Å². The minimum atomic E-state index is -0.600. The molecule has 98 valence electrons. The van der Waals surface area contributed by atoms with Crippen LogP contribution in [0.3, 0.4) is 0 Å². The molecule has 1 aliphatic carbocycles. The number of hydrogen-bond donors (Lipinski definition) is 0. The second-order valence-electron chi connectivity index (χ2n) is 4.27. The van der Waals surface area contributed by atoms with Crippen molar-refractivity contribution >= 4 is 17.2 Å². The first kappa shape index (κ1) is 12.0. The Balaban J connectivity index is 2.36. The molecular weight excluding hydrogens is 264 g/mol. The highest BCUT2D eigenvalue weighted by Crippen LogP contribution is 2.43. The van der Waals surface area contributed by atoms with E-state index in [2.05, 4.69) is 0 Å². The fourth-order valence-electron chi connectivity index (χ4n) is 2.36. The summed E-state index contributed by atoms with van der Waals surface area (Å²) in [7, 11) is 0. The van der Waals surface area contributed by atoms with Gasteiger partial charge in [-0.25, -0.2) is 0 Å². The van der Waals surface area contributed by atoms with Crippen LogP contribution in [0.2, 0.25) is 0 Å². The number of rotatable bonds is 2. The average Bonchev–Trinajstić information content (AvgIpc) is 2.72. The maximum atomic E-state index is 12.2. The van der Waals surface area contributed by atoms with E-state index in [-0.39, 0.29) is 39.4 Å². The van der Waals surface area contributed by atoms with Crippen molar-refractivity contribution in [1.82, 2.24) is 0 Å². The Morgan fingerprint density at radius 2 is 1.60 bits per heavy atom. The van der Waals surface area contributed by atoms with Gasteiger partial charge in [0.05, 0.1) is 15.4 Å². The van der Waals surface area contributed by atoms with Gasteiger partial charge in [-0.05, 0) is 12.1 Å². The molecule has 7 nitrogen and oxygen atoms in total. The van der Waals surface area contributed by atoms with Crippen molar-refractivity contribution in [3.63, 3.8) is 0 Å². The lowest BCUT2D eigenvalue weighted by atomic mass is 10.0. The quantitative estimate of drug-likeness (QED) is 0.526. The van der Waals surface area contributed by atoms with Gasteiger partial charge in [0.1, 0.15) is 0 Å². The molecule has 1 aliphatic rings. The summed E-state index contributed by atoms with van der Waals surface area (Å²) in [6.45, 7) is 0. The smallest absolute Gasteiger partial charge is 0.277 e. The highest BCUT2D eigenvalue weighted by molar-refractivity contribution is 6.23. The molecule has 0 spiro atoms. The highest BCUT2D eigenvalue weighted by Gasteiger charge is 2.33. The Hall–Kier alpha value is -3.09. The third-order valence-electron chi connectivity index (χ3n) is 3.21. The molecule has 0 N–H and O–H groups in total. The van der Waals surface area contributed by atoms with Gasteiger partial charge in [0.25, 0.3) is 11.4 Å². The number of fused-ring (bicyclic) bond motifs is 3. The van der Waals surface area contributed by atoms with Crippen molar-refractivity contribution in [1.29, 1.82) is 0 Å². The molecular formula is C13H6N2O5. The number of hydrogen-bond acceptors (Lipinski definition) is 5. The zero-order valence-corrected chi connectivity index (χ0v) is 9.90. The Labute approximate surface area is 111 Å². The van der Waals surface area contributed by atoms with Gasteiger partial charge in [0, 0.05) is 34.9 Å². The second-order valence-corrected chi connectivity index (χ2v) is 4.27. The Bertz CT molecular complexity index is 797. The first-order chi connectivity index (χ1) is 9.50. The van der Waals surface area contributed by atoms with Crippen LogP contribution < -0.4 is 0 Å². The van der Waals surface area contributed by atoms with Gasteiger partial charge in [0.2, 0.25) is 0 Å².